The Bertz CT molecular complexity index is 123. The van der Waals surface area contributed by atoms with Crippen LogP contribution in [-0.2, 0) is 0 Å². The van der Waals surface area contributed by atoms with Gasteiger partial charge in [0.05, 0.1) is 18.1 Å². The minimum Gasteiger partial charge on any atom is -0.198 e. The Hall–Kier alpha value is -0.670. The number of thiol groups is 1. The SMILES string of the molecule is CC(C#N)C(S)C#N. The quantitative estimate of drug-likeness (QED) is 0.532. The maximum Gasteiger partial charge on any atom is 0.104 e. The zero-order chi connectivity index (χ0) is 6.57. The summed E-state index contributed by atoms with van der Waals surface area (Å²) in [6.07, 6.45) is 0. The van der Waals surface area contributed by atoms with E-state index in [1.807, 2.05) is 12.1 Å². The van der Waals surface area contributed by atoms with Crippen LogP contribution in [0.25, 0.3) is 0 Å². The minimum absolute atomic E-state index is 0.275. The predicted octanol–water partition coefficient (Wildman–Crippen LogP) is 0.968. The third-order valence-electron chi connectivity index (χ3n) is 0.810. The van der Waals surface area contributed by atoms with E-state index in [1.54, 1.807) is 6.92 Å². The topological polar surface area (TPSA) is 47.6 Å². The number of nitriles is 2. The van der Waals surface area contributed by atoms with Crippen molar-refractivity contribution in [2.24, 2.45) is 5.92 Å². The van der Waals surface area contributed by atoms with Crippen molar-refractivity contribution >= 4 is 12.6 Å². The van der Waals surface area contributed by atoms with E-state index in [4.69, 9.17) is 10.5 Å². The van der Waals surface area contributed by atoms with Crippen LogP contribution in [0.3, 0.4) is 0 Å². The number of hydrogen-bond donors (Lipinski definition) is 1. The molecule has 0 saturated heterocycles. The maximum absolute atomic E-state index is 8.19. The fourth-order valence-corrected chi connectivity index (χ4v) is 0.249. The normalized spacial score (nSPS) is 15.5. The predicted molar refractivity (Wildman–Crippen MR) is 33.2 cm³/mol. The molecule has 0 aliphatic rings. The van der Waals surface area contributed by atoms with Crippen LogP contribution in [0.4, 0.5) is 0 Å². The van der Waals surface area contributed by atoms with Crippen molar-refractivity contribution in [1.29, 1.82) is 10.5 Å². The van der Waals surface area contributed by atoms with Gasteiger partial charge in [0.1, 0.15) is 5.25 Å². The van der Waals surface area contributed by atoms with Crippen LogP contribution in [0.2, 0.25) is 0 Å². The molecule has 0 fully saturated rings. The average molecular weight is 126 g/mol. The van der Waals surface area contributed by atoms with Gasteiger partial charge in [-0.25, -0.2) is 0 Å². The van der Waals surface area contributed by atoms with Crippen molar-refractivity contribution in [2.45, 2.75) is 12.2 Å². The second-order valence-corrected chi connectivity index (χ2v) is 2.05. The maximum atomic E-state index is 8.19. The van der Waals surface area contributed by atoms with Crippen LogP contribution in [0.1, 0.15) is 6.92 Å². The van der Waals surface area contributed by atoms with Crippen molar-refractivity contribution in [1.82, 2.24) is 0 Å². The number of hydrogen-bond acceptors (Lipinski definition) is 3. The lowest BCUT2D eigenvalue weighted by Crippen LogP contribution is -2.05. The third kappa shape index (κ3) is 1.86. The molecule has 0 aromatic heterocycles. The molecule has 0 N–H and O–H groups in total. The van der Waals surface area contributed by atoms with Gasteiger partial charge in [-0.15, -0.1) is 0 Å². The van der Waals surface area contributed by atoms with Gasteiger partial charge in [-0.1, -0.05) is 0 Å². The molecular weight excluding hydrogens is 120 g/mol. The van der Waals surface area contributed by atoms with E-state index < -0.39 is 5.25 Å². The molecule has 0 spiro atoms. The van der Waals surface area contributed by atoms with Crippen LogP contribution < -0.4 is 0 Å². The highest BCUT2D eigenvalue weighted by molar-refractivity contribution is 7.81. The van der Waals surface area contributed by atoms with Crippen LogP contribution in [0, 0.1) is 28.6 Å². The summed E-state index contributed by atoms with van der Waals surface area (Å²) in [5, 5.41) is 15.9. The molecule has 0 heterocycles. The number of rotatable bonds is 1. The Morgan fingerprint density at radius 1 is 1.38 bits per heavy atom. The minimum atomic E-state index is -0.444. The molecule has 0 aliphatic carbocycles. The zero-order valence-corrected chi connectivity index (χ0v) is 5.39. The highest BCUT2D eigenvalue weighted by Gasteiger charge is 2.08. The molecular formula is C5H6N2S. The van der Waals surface area contributed by atoms with Crippen molar-refractivity contribution in [2.75, 3.05) is 0 Å². The molecule has 0 aromatic carbocycles. The number of nitrogens with zero attached hydrogens (tertiary/aromatic N) is 2. The highest BCUT2D eigenvalue weighted by Crippen LogP contribution is 2.05. The van der Waals surface area contributed by atoms with Crippen LogP contribution >= 0.6 is 12.6 Å². The summed E-state index contributed by atoms with van der Waals surface area (Å²) in [5.74, 6) is -0.275. The first kappa shape index (κ1) is 7.33. The zero-order valence-electron chi connectivity index (χ0n) is 4.50. The monoisotopic (exact) mass is 126 g/mol. The van der Waals surface area contributed by atoms with Gasteiger partial charge in [0.15, 0.2) is 0 Å². The Morgan fingerprint density at radius 3 is 2.00 bits per heavy atom. The van der Waals surface area contributed by atoms with Crippen molar-refractivity contribution in [3.05, 3.63) is 0 Å². The molecule has 0 amide bonds. The lowest BCUT2D eigenvalue weighted by molar-refractivity contribution is 0.788. The summed E-state index contributed by atoms with van der Waals surface area (Å²) in [6.45, 7) is 1.67. The molecule has 2 unspecified atom stereocenters. The molecule has 0 bridgehead atoms. The van der Waals surface area contributed by atoms with E-state index in [1.165, 1.54) is 0 Å². The first-order chi connectivity index (χ1) is 3.72. The molecule has 0 radical (unpaired) electrons. The molecule has 8 heavy (non-hydrogen) atoms. The lowest BCUT2D eigenvalue weighted by Gasteiger charge is -1.98. The summed E-state index contributed by atoms with van der Waals surface area (Å²) < 4.78 is 0. The fourth-order valence-electron chi connectivity index (χ4n) is 0.182. The van der Waals surface area contributed by atoms with Crippen molar-refractivity contribution in [3.8, 4) is 12.1 Å². The first-order valence-corrected chi connectivity index (χ1v) is 2.71. The van der Waals surface area contributed by atoms with Gasteiger partial charge in [0.2, 0.25) is 0 Å². The summed E-state index contributed by atoms with van der Waals surface area (Å²) in [5.41, 5.74) is 0. The van der Waals surface area contributed by atoms with Gasteiger partial charge < -0.3 is 0 Å². The van der Waals surface area contributed by atoms with Gasteiger partial charge in [-0.05, 0) is 6.92 Å². The Balaban J connectivity index is 3.72. The largest absolute Gasteiger partial charge is 0.198 e. The molecule has 0 rings (SSSR count). The summed E-state index contributed by atoms with van der Waals surface area (Å²) in [7, 11) is 0. The van der Waals surface area contributed by atoms with Crippen molar-refractivity contribution in [3.63, 3.8) is 0 Å². The Kier molecular flexibility index (Phi) is 3.07. The molecule has 3 heteroatoms. The lowest BCUT2D eigenvalue weighted by atomic mass is 10.1. The van der Waals surface area contributed by atoms with Crippen molar-refractivity contribution < 1.29 is 0 Å². The van der Waals surface area contributed by atoms with Crippen LogP contribution in [0.5, 0.6) is 0 Å². The Labute approximate surface area is 54.1 Å². The van der Waals surface area contributed by atoms with Gasteiger partial charge in [-0.2, -0.15) is 23.2 Å². The van der Waals surface area contributed by atoms with Gasteiger partial charge >= 0.3 is 0 Å². The molecule has 0 aromatic rings. The summed E-state index contributed by atoms with van der Waals surface area (Å²) in [6, 6.07) is 3.77. The van der Waals surface area contributed by atoms with E-state index in [2.05, 4.69) is 12.6 Å². The first-order valence-electron chi connectivity index (χ1n) is 2.19. The van der Waals surface area contributed by atoms with E-state index in [0.29, 0.717) is 0 Å². The van der Waals surface area contributed by atoms with Gasteiger partial charge in [0, 0.05) is 0 Å². The average Bonchev–Trinajstić information content (AvgIpc) is 1.84. The molecule has 0 saturated carbocycles. The van der Waals surface area contributed by atoms with E-state index in [9.17, 15) is 0 Å². The van der Waals surface area contributed by atoms with Crippen LogP contribution in [0.15, 0.2) is 0 Å². The third-order valence-corrected chi connectivity index (χ3v) is 1.37. The standard InChI is InChI=1S/C5H6N2S/c1-4(2-6)5(8)3-7/h4-5,8H,1H3. The molecule has 0 aliphatic heterocycles. The fraction of sp³-hybridized carbons (Fsp3) is 0.600. The smallest absolute Gasteiger partial charge is 0.104 e. The molecule has 42 valence electrons. The highest BCUT2D eigenvalue weighted by atomic mass is 32.1. The van der Waals surface area contributed by atoms with E-state index in [0.717, 1.165) is 0 Å². The molecule has 2 atom stereocenters. The Morgan fingerprint density at radius 2 is 1.88 bits per heavy atom. The second-order valence-electron chi connectivity index (χ2n) is 1.49. The van der Waals surface area contributed by atoms with Gasteiger partial charge in [0.25, 0.3) is 0 Å². The van der Waals surface area contributed by atoms with Crippen LogP contribution in [-0.4, -0.2) is 5.25 Å². The summed E-state index contributed by atoms with van der Waals surface area (Å²) in [4.78, 5) is 0. The second kappa shape index (κ2) is 3.35. The summed E-state index contributed by atoms with van der Waals surface area (Å²) >= 11 is 3.82. The molecule has 2 nitrogen and oxygen atoms in total. The van der Waals surface area contributed by atoms with Gasteiger partial charge in [-0.3, -0.25) is 0 Å². The van der Waals surface area contributed by atoms with E-state index in [-0.39, 0.29) is 5.92 Å². The van der Waals surface area contributed by atoms with E-state index >= 15 is 0 Å².